The average Bonchev–Trinajstić information content (AvgIpc) is 2.82. The fourth-order valence-corrected chi connectivity index (χ4v) is 2.17. The zero-order valence-corrected chi connectivity index (χ0v) is 9.39. The number of nitrogens with zero attached hydrogens (tertiary/aromatic N) is 2. The molecular formula is C11H12ClN3O. The number of fused-ring (bicyclic) bond motifs is 1. The van der Waals surface area contributed by atoms with Crippen molar-refractivity contribution < 1.29 is 21.6 Å². The molecule has 1 aromatic heterocycles. The van der Waals surface area contributed by atoms with Crippen molar-refractivity contribution in [1.82, 2.24) is 5.27 Å². The summed E-state index contributed by atoms with van der Waals surface area (Å²) in [6.45, 7) is 0. The smallest absolute Gasteiger partial charge is 0.293 e. The Morgan fingerprint density at radius 1 is 1.25 bits per heavy atom. The number of anilines is 1. The first kappa shape index (κ1) is 11.0. The van der Waals surface area contributed by atoms with Crippen LogP contribution in [-0.2, 0) is 12.8 Å². The molecule has 5 heteroatoms. The lowest BCUT2D eigenvalue weighted by atomic mass is 10.1. The first-order valence-corrected chi connectivity index (χ1v) is 5.03. The van der Waals surface area contributed by atoms with Crippen LogP contribution in [0.15, 0.2) is 35.0 Å². The molecule has 1 aliphatic rings. The summed E-state index contributed by atoms with van der Waals surface area (Å²) < 4.78 is 6.68. The van der Waals surface area contributed by atoms with Crippen molar-refractivity contribution in [3.8, 4) is 0 Å². The summed E-state index contributed by atoms with van der Waals surface area (Å²) in [6, 6.07) is 8.83. The predicted molar refractivity (Wildman–Crippen MR) is 54.0 cm³/mol. The van der Waals surface area contributed by atoms with Crippen molar-refractivity contribution in [2.24, 2.45) is 0 Å². The van der Waals surface area contributed by atoms with Crippen molar-refractivity contribution in [2.75, 3.05) is 5.73 Å². The highest BCUT2D eigenvalue weighted by molar-refractivity contribution is 5.31. The highest BCUT2D eigenvalue weighted by Gasteiger charge is 2.31. The molecule has 1 aliphatic carbocycles. The Labute approximate surface area is 99.4 Å². The number of hydrogen-bond donors (Lipinski definition) is 1. The van der Waals surface area contributed by atoms with E-state index in [2.05, 4.69) is 29.5 Å². The van der Waals surface area contributed by atoms with Crippen LogP contribution in [0, 0.1) is 0 Å². The molecule has 0 bridgehead atoms. The highest BCUT2D eigenvalue weighted by Crippen LogP contribution is 2.26. The summed E-state index contributed by atoms with van der Waals surface area (Å²) in [5.41, 5.74) is 8.30. The van der Waals surface area contributed by atoms with Crippen LogP contribution < -0.4 is 22.8 Å². The molecule has 0 saturated carbocycles. The molecule has 0 radical (unpaired) electrons. The largest absolute Gasteiger partial charge is 1.00 e. The number of halogens is 1. The molecule has 0 unspecified atom stereocenters. The van der Waals surface area contributed by atoms with Gasteiger partial charge in [-0.25, -0.2) is 0 Å². The maximum atomic E-state index is 5.50. The topological polar surface area (TPSA) is 55.9 Å². The standard InChI is InChI=1S/C11H12N3O.ClH/c12-11-7-14(13-15-11)10-5-8-3-1-2-4-9(8)6-10;/h1-4,7,10H,5-6,12H2;1H/q+1;/p-1. The second kappa shape index (κ2) is 4.14. The average molecular weight is 238 g/mol. The van der Waals surface area contributed by atoms with Gasteiger partial charge in [0.15, 0.2) is 6.04 Å². The van der Waals surface area contributed by atoms with E-state index in [0.29, 0.717) is 11.9 Å². The molecule has 1 aromatic carbocycles. The van der Waals surface area contributed by atoms with Gasteiger partial charge < -0.3 is 18.1 Å². The van der Waals surface area contributed by atoms with Gasteiger partial charge in [-0.1, -0.05) is 24.3 Å². The monoisotopic (exact) mass is 237 g/mol. The minimum atomic E-state index is 0. The number of hydrogen-bond acceptors (Lipinski definition) is 3. The molecule has 0 spiro atoms. The molecule has 3 rings (SSSR count). The summed E-state index contributed by atoms with van der Waals surface area (Å²) in [7, 11) is 0. The molecule has 16 heavy (non-hydrogen) atoms. The quantitative estimate of drug-likeness (QED) is 0.578. The first-order valence-electron chi connectivity index (χ1n) is 5.03. The van der Waals surface area contributed by atoms with E-state index in [0.717, 1.165) is 12.8 Å². The third kappa shape index (κ3) is 1.76. The summed E-state index contributed by atoms with van der Waals surface area (Å²) in [5.74, 6) is 0.367. The summed E-state index contributed by atoms with van der Waals surface area (Å²) >= 11 is 0. The summed E-state index contributed by atoms with van der Waals surface area (Å²) in [4.78, 5) is 0. The van der Waals surface area contributed by atoms with Gasteiger partial charge in [-0.05, 0) is 15.8 Å². The third-order valence-corrected chi connectivity index (χ3v) is 2.90. The number of rotatable bonds is 1. The van der Waals surface area contributed by atoms with E-state index in [1.54, 1.807) is 6.20 Å². The molecule has 0 atom stereocenters. The fourth-order valence-electron chi connectivity index (χ4n) is 2.17. The molecule has 84 valence electrons. The van der Waals surface area contributed by atoms with Gasteiger partial charge in [0.05, 0.1) is 0 Å². The van der Waals surface area contributed by atoms with Crippen molar-refractivity contribution >= 4 is 5.88 Å². The van der Waals surface area contributed by atoms with E-state index in [1.807, 2.05) is 4.68 Å². The Kier molecular flexibility index (Phi) is 2.83. The van der Waals surface area contributed by atoms with Gasteiger partial charge in [0.25, 0.3) is 12.1 Å². The van der Waals surface area contributed by atoms with Crippen molar-refractivity contribution in [2.45, 2.75) is 18.9 Å². The van der Waals surface area contributed by atoms with Gasteiger partial charge in [-0.2, -0.15) is 0 Å². The van der Waals surface area contributed by atoms with Gasteiger partial charge in [0.1, 0.15) is 0 Å². The molecule has 2 N–H and O–H groups in total. The maximum absolute atomic E-state index is 5.50. The Morgan fingerprint density at radius 3 is 2.38 bits per heavy atom. The van der Waals surface area contributed by atoms with E-state index in [4.69, 9.17) is 10.3 Å². The SMILES string of the molecule is Nc1c[n+](C2Cc3ccccc3C2)no1.[Cl-]. The Hall–Kier alpha value is -1.55. The number of aromatic nitrogens is 2. The molecule has 4 nitrogen and oxygen atoms in total. The molecular weight excluding hydrogens is 226 g/mol. The lowest BCUT2D eigenvalue weighted by molar-refractivity contribution is -0.783. The van der Waals surface area contributed by atoms with E-state index >= 15 is 0 Å². The van der Waals surface area contributed by atoms with Crippen molar-refractivity contribution in [1.29, 1.82) is 0 Å². The second-order valence-corrected chi connectivity index (χ2v) is 3.92. The lowest BCUT2D eigenvalue weighted by Gasteiger charge is -1.94. The van der Waals surface area contributed by atoms with Crippen LogP contribution in [0.3, 0.4) is 0 Å². The minimum absolute atomic E-state index is 0. The molecule has 0 aliphatic heterocycles. The molecule has 0 saturated heterocycles. The minimum Gasteiger partial charge on any atom is -1.00 e. The zero-order chi connectivity index (χ0) is 10.3. The van der Waals surface area contributed by atoms with Gasteiger partial charge in [-0.3, -0.25) is 4.52 Å². The summed E-state index contributed by atoms with van der Waals surface area (Å²) in [5, 5.41) is 3.90. The third-order valence-electron chi connectivity index (χ3n) is 2.90. The van der Waals surface area contributed by atoms with Crippen LogP contribution in [0.25, 0.3) is 0 Å². The van der Waals surface area contributed by atoms with E-state index < -0.39 is 0 Å². The second-order valence-electron chi connectivity index (χ2n) is 3.92. The number of nitrogens with two attached hydrogens (primary N) is 1. The zero-order valence-electron chi connectivity index (χ0n) is 8.64. The Morgan fingerprint density at radius 2 is 1.88 bits per heavy atom. The lowest BCUT2D eigenvalue weighted by Crippen LogP contribution is -3.00. The van der Waals surface area contributed by atoms with Crippen LogP contribution in [0.4, 0.5) is 5.88 Å². The highest BCUT2D eigenvalue weighted by atomic mass is 35.5. The van der Waals surface area contributed by atoms with Gasteiger partial charge >= 0.3 is 0 Å². The molecule has 0 amide bonds. The van der Waals surface area contributed by atoms with Gasteiger partial charge in [0, 0.05) is 12.8 Å². The van der Waals surface area contributed by atoms with Gasteiger partial charge in [0.2, 0.25) is 5.27 Å². The Bertz CT molecular complexity index is 472. The number of benzene rings is 1. The van der Waals surface area contributed by atoms with Crippen LogP contribution >= 0.6 is 0 Å². The fraction of sp³-hybridized carbons (Fsp3) is 0.273. The molecule has 1 heterocycles. The van der Waals surface area contributed by atoms with Crippen LogP contribution in [-0.4, -0.2) is 5.27 Å². The Balaban J connectivity index is 0.000000963. The van der Waals surface area contributed by atoms with Crippen LogP contribution in [0.1, 0.15) is 17.2 Å². The van der Waals surface area contributed by atoms with E-state index in [9.17, 15) is 0 Å². The first-order chi connectivity index (χ1) is 7.33. The van der Waals surface area contributed by atoms with Crippen LogP contribution in [0.5, 0.6) is 0 Å². The van der Waals surface area contributed by atoms with Crippen molar-refractivity contribution in [3.63, 3.8) is 0 Å². The summed E-state index contributed by atoms with van der Waals surface area (Å²) in [6.07, 6.45) is 3.76. The number of nitrogen functional groups attached to an aromatic ring is 1. The normalized spacial score (nSPS) is 14.5. The molecule has 0 fully saturated rings. The van der Waals surface area contributed by atoms with Gasteiger partial charge in [-0.15, -0.1) is 0 Å². The maximum Gasteiger partial charge on any atom is 0.293 e. The van der Waals surface area contributed by atoms with E-state index in [-0.39, 0.29) is 12.4 Å². The predicted octanol–water partition coefficient (Wildman–Crippen LogP) is -2.11. The van der Waals surface area contributed by atoms with Crippen LogP contribution in [0.2, 0.25) is 0 Å². The van der Waals surface area contributed by atoms with Crippen molar-refractivity contribution in [3.05, 3.63) is 41.6 Å². The van der Waals surface area contributed by atoms with E-state index in [1.165, 1.54) is 11.1 Å². The molecule has 2 aromatic rings.